The van der Waals surface area contributed by atoms with Gasteiger partial charge >= 0.3 is 0 Å². The van der Waals surface area contributed by atoms with Gasteiger partial charge in [-0.3, -0.25) is 4.79 Å². The highest BCUT2D eigenvalue weighted by atomic mass is 16.2. The Morgan fingerprint density at radius 1 is 1.30 bits per heavy atom. The first-order valence-corrected chi connectivity index (χ1v) is 7.75. The van der Waals surface area contributed by atoms with Crippen molar-refractivity contribution >= 4 is 5.91 Å². The van der Waals surface area contributed by atoms with Gasteiger partial charge in [0, 0.05) is 20.0 Å². The number of hydrogen-bond donors (Lipinski definition) is 0. The summed E-state index contributed by atoms with van der Waals surface area (Å²) >= 11 is 0. The molecule has 116 valence electrons. The Hall–Kier alpha value is -1.31. The average molecular weight is 279 g/mol. The van der Waals surface area contributed by atoms with Gasteiger partial charge in [0.05, 0.1) is 0 Å². The van der Waals surface area contributed by atoms with E-state index in [1.165, 1.54) is 17.6 Å². The zero-order valence-corrected chi connectivity index (χ0v) is 14.3. The summed E-state index contributed by atoms with van der Waals surface area (Å²) in [5.74, 6) is 0.498. The third-order valence-electron chi connectivity index (χ3n) is 2.96. The molecule has 0 saturated heterocycles. The Morgan fingerprint density at radius 2 is 1.80 bits per heavy atom. The molecule has 20 heavy (non-hydrogen) atoms. The number of carbonyl (C=O) groups excluding carboxylic acids is 1. The molecule has 1 aliphatic rings. The van der Waals surface area contributed by atoms with Gasteiger partial charge in [0.15, 0.2) is 0 Å². The van der Waals surface area contributed by atoms with Gasteiger partial charge in [-0.15, -0.1) is 0 Å². The van der Waals surface area contributed by atoms with Crippen molar-refractivity contribution < 1.29 is 4.79 Å². The second-order valence-electron chi connectivity index (χ2n) is 4.71. The highest BCUT2D eigenvalue weighted by molar-refractivity contribution is 5.73. The van der Waals surface area contributed by atoms with Crippen LogP contribution in [-0.4, -0.2) is 23.9 Å². The third-order valence-corrected chi connectivity index (χ3v) is 2.96. The third kappa shape index (κ3) is 7.32. The van der Waals surface area contributed by atoms with Gasteiger partial charge in [0.2, 0.25) is 5.91 Å². The Labute approximate surface area is 126 Å². The second-order valence-corrected chi connectivity index (χ2v) is 4.71. The molecule has 1 aliphatic heterocycles. The van der Waals surface area contributed by atoms with Crippen LogP contribution in [0.4, 0.5) is 0 Å². The van der Waals surface area contributed by atoms with E-state index in [2.05, 4.69) is 33.9 Å². The lowest BCUT2D eigenvalue weighted by Gasteiger charge is -2.21. The molecule has 2 heteroatoms. The first-order valence-electron chi connectivity index (χ1n) is 7.75. The monoisotopic (exact) mass is 279 g/mol. The molecule has 1 unspecified atom stereocenters. The fourth-order valence-electron chi connectivity index (χ4n) is 2.07. The van der Waals surface area contributed by atoms with Crippen molar-refractivity contribution in [1.82, 2.24) is 4.90 Å². The molecule has 0 radical (unpaired) electrons. The SMILES string of the molecule is C=CC1=C(C=C)C(C)CN(C(C)=O)CC1.CC.CCC. The van der Waals surface area contributed by atoms with Crippen molar-refractivity contribution in [3.63, 3.8) is 0 Å². The molecule has 1 amide bonds. The van der Waals surface area contributed by atoms with Gasteiger partial charge in [0.25, 0.3) is 0 Å². The molecule has 0 bridgehead atoms. The summed E-state index contributed by atoms with van der Waals surface area (Å²) < 4.78 is 0. The zero-order valence-electron chi connectivity index (χ0n) is 14.3. The van der Waals surface area contributed by atoms with E-state index in [0.717, 1.165) is 19.5 Å². The Morgan fingerprint density at radius 3 is 2.15 bits per heavy atom. The maximum absolute atomic E-state index is 11.3. The van der Waals surface area contributed by atoms with Crippen LogP contribution in [0.15, 0.2) is 36.5 Å². The first kappa shape index (κ1) is 21.0. The van der Waals surface area contributed by atoms with E-state index < -0.39 is 0 Å². The summed E-state index contributed by atoms with van der Waals surface area (Å²) in [5.41, 5.74) is 2.45. The van der Waals surface area contributed by atoms with E-state index in [0.29, 0.717) is 5.92 Å². The average Bonchev–Trinajstić information content (AvgIpc) is 2.60. The van der Waals surface area contributed by atoms with Gasteiger partial charge in [-0.2, -0.15) is 0 Å². The zero-order chi connectivity index (χ0) is 16.1. The highest BCUT2D eigenvalue weighted by Crippen LogP contribution is 2.24. The molecule has 0 aromatic rings. The summed E-state index contributed by atoms with van der Waals surface area (Å²) in [4.78, 5) is 13.2. The molecule has 0 saturated carbocycles. The number of allylic oxidation sites excluding steroid dienone is 2. The second kappa shape index (κ2) is 12.7. The predicted molar refractivity (Wildman–Crippen MR) is 90.8 cm³/mol. The van der Waals surface area contributed by atoms with E-state index in [4.69, 9.17) is 0 Å². The number of hydrogen-bond acceptors (Lipinski definition) is 1. The molecule has 0 aliphatic carbocycles. The number of amides is 1. The normalized spacial score (nSPS) is 17.9. The summed E-state index contributed by atoms with van der Waals surface area (Å²) in [7, 11) is 0. The largest absolute Gasteiger partial charge is 0.342 e. The molecule has 1 atom stereocenters. The van der Waals surface area contributed by atoms with E-state index >= 15 is 0 Å². The number of rotatable bonds is 2. The van der Waals surface area contributed by atoms with E-state index in [1.807, 2.05) is 30.9 Å². The Bertz CT molecular complexity index is 328. The van der Waals surface area contributed by atoms with Crippen LogP contribution in [0.25, 0.3) is 0 Å². The standard InChI is InChI=1S/C13H19NO.C3H8.C2H6/c1-5-12-7-8-14(11(4)15)9-10(3)13(12)6-2;1-3-2;1-2/h5-6,10H,1-2,7-9H2,3-4H3;3H2,1-2H3;1-2H3. The summed E-state index contributed by atoms with van der Waals surface area (Å²) in [5, 5.41) is 0. The van der Waals surface area contributed by atoms with Crippen LogP contribution >= 0.6 is 0 Å². The minimum atomic E-state index is 0.149. The summed E-state index contributed by atoms with van der Waals surface area (Å²) in [6.07, 6.45) is 5.91. The number of carbonyl (C=O) groups is 1. The van der Waals surface area contributed by atoms with Crippen LogP contribution in [0, 0.1) is 5.92 Å². The Balaban J connectivity index is 0. The summed E-state index contributed by atoms with van der Waals surface area (Å²) in [6.45, 7) is 21.2. The molecule has 0 aromatic heterocycles. The predicted octanol–water partition coefficient (Wildman–Crippen LogP) is 4.99. The van der Waals surface area contributed by atoms with Gasteiger partial charge in [0.1, 0.15) is 0 Å². The number of nitrogens with zero attached hydrogens (tertiary/aromatic N) is 1. The fraction of sp³-hybridized carbons (Fsp3) is 0.611. The molecular weight excluding hydrogens is 246 g/mol. The lowest BCUT2D eigenvalue weighted by Crippen LogP contribution is -2.32. The summed E-state index contributed by atoms with van der Waals surface area (Å²) in [6, 6.07) is 0. The highest BCUT2D eigenvalue weighted by Gasteiger charge is 2.20. The van der Waals surface area contributed by atoms with Gasteiger partial charge in [-0.05, 0) is 23.5 Å². The molecule has 0 spiro atoms. The Kier molecular flexibility index (Phi) is 13.3. The van der Waals surface area contributed by atoms with Crippen molar-refractivity contribution in [3.05, 3.63) is 36.5 Å². The van der Waals surface area contributed by atoms with Crippen molar-refractivity contribution in [2.45, 2.75) is 54.4 Å². The molecular formula is C18H33NO. The van der Waals surface area contributed by atoms with Crippen molar-refractivity contribution in [1.29, 1.82) is 0 Å². The van der Waals surface area contributed by atoms with Crippen molar-refractivity contribution in [2.24, 2.45) is 5.92 Å². The molecule has 2 nitrogen and oxygen atoms in total. The lowest BCUT2D eigenvalue weighted by molar-refractivity contribution is -0.129. The molecule has 0 N–H and O–H groups in total. The van der Waals surface area contributed by atoms with E-state index in [1.54, 1.807) is 6.92 Å². The molecule has 0 fully saturated rings. The maximum atomic E-state index is 11.3. The van der Waals surface area contributed by atoms with Crippen LogP contribution < -0.4 is 0 Å². The van der Waals surface area contributed by atoms with Crippen LogP contribution in [0.3, 0.4) is 0 Å². The fourth-order valence-corrected chi connectivity index (χ4v) is 2.07. The van der Waals surface area contributed by atoms with Crippen LogP contribution in [0.1, 0.15) is 54.4 Å². The minimum absolute atomic E-state index is 0.149. The minimum Gasteiger partial charge on any atom is -0.342 e. The van der Waals surface area contributed by atoms with Crippen molar-refractivity contribution in [3.8, 4) is 0 Å². The molecule has 1 rings (SSSR count). The van der Waals surface area contributed by atoms with Gasteiger partial charge in [-0.25, -0.2) is 0 Å². The molecule has 1 heterocycles. The van der Waals surface area contributed by atoms with Crippen LogP contribution in [0.5, 0.6) is 0 Å². The van der Waals surface area contributed by atoms with Gasteiger partial charge < -0.3 is 4.90 Å². The topological polar surface area (TPSA) is 20.3 Å². The molecule has 0 aromatic carbocycles. The van der Waals surface area contributed by atoms with E-state index in [-0.39, 0.29) is 5.91 Å². The smallest absolute Gasteiger partial charge is 0.219 e. The first-order chi connectivity index (χ1) is 9.51. The van der Waals surface area contributed by atoms with Gasteiger partial charge in [-0.1, -0.05) is 66.3 Å². The van der Waals surface area contributed by atoms with Crippen molar-refractivity contribution in [2.75, 3.05) is 13.1 Å². The lowest BCUT2D eigenvalue weighted by atomic mass is 9.95. The van der Waals surface area contributed by atoms with E-state index in [9.17, 15) is 4.79 Å². The maximum Gasteiger partial charge on any atom is 0.219 e. The van der Waals surface area contributed by atoms with Crippen LogP contribution in [-0.2, 0) is 4.79 Å². The van der Waals surface area contributed by atoms with Crippen LogP contribution in [0.2, 0.25) is 0 Å². The quantitative estimate of drug-likeness (QED) is 0.697.